The van der Waals surface area contributed by atoms with Crippen LogP contribution in [0.1, 0.15) is 19.6 Å². The zero-order valence-electron chi connectivity index (χ0n) is 15.8. The summed E-state index contributed by atoms with van der Waals surface area (Å²) < 4.78 is 10.5. The molecule has 1 aromatic carbocycles. The fourth-order valence-electron chi connectivity index (χ4n) is 2.66. The minimum absolute atomic E-state index is 0.127. The van der Waals surface area contributed by atoms with Gasteiger partial charge in [0.15, 0.2) is 0 Å². The zero-order chi connectivity index (χ0) is 19.8. The summed E-state index contributed by atoms with van der Waals surface area (Å²) in [5.74, 6) is 0.699. The van der Waals surface area contributed by atoms with Crippen LogP contribution in [0.4, 0.5) is 0 Å². The van der Waals surface area contributed by atoms with E-state index in [1.807, 2.05) is 36.1 Å². The van der Waals surface area contributed by atoms with Crippen molar-refractivity contribution in [3.05, 3.63) is 47.2 Å². The maximum Gasteiger partial charge on any atom is 0.309 e. The topological polar surface area (TPSA) is 71.8 Å². The molecule has 7 heteroatoms. The van der Waals surface area contributed by atoms with Crippen molar-refractivity contribution in [2.45, 2.75) is 20.4 Å². The maximum atomic E-state index is 12.2. The molecule has 1 amide bonds. The van der Waals surface area contributed by atoms with Gasteiger partial charge in [-0.15, -0.1) is 0 Å². The Morgan fingerprint density at radius 3 is 2.56 bits per heavy atom. The highest BCUT2D eigenvalue weighted by Gasteiger charge is 2.18. The highest BCUT2D eigenvalue weighted by molar-refractivity contribution is 6.30. The fourth-order valence-corrected chi connectivity index (χ4v) is 2.78. The third-order valence-corrected chi connectivity index (χ3v) is 4.45. The first kappa shape index (κ1) is 21.0. The number of nitrogens with zero attached hydrogens (tertiary/aromatic N) is 1. The number of halogens is 1. The number of amides is 1. The Bertz CT molecular complexity index is 758. The number of ether oxygens (including phenoxy) is 1. The maximum absolute atomic E-state index is 12.2. The summed E-state index contributed by atoms with van der Waals surface area (Å²) in [5, 5.41) is 3.51. The van der Waals surface area contributed by atoms with E-state index in [9.17, 15) is 9.59 Å². The van der Waals surface area contributed by atoms with E-state index >= 15 is 0 Å². The number of likely N-dealkylation sites (N-methyl/N-ethyl adjacent to an activating group) is 1. The van der Waals surface area contributed by atoms with Crippen LogP contribution in [0.5, 0.6) is 0 Å². The largest absolute Gasteiger partial charge is 0.469 e. The molecule has 1 atom stereocenters. The summed E-state index contributed by atoms with van der Waals surface area (Å²) in [6.07, 6.45) is 0. The highest BCUT2D eigenvalue weighted by atomic mass is 35.5. The molecule has 2 aromatic rings. The number of furan rings is 1. The summed E-state index contributed by atoms with van der Waals surface area (Å²) in [6.45, 7) is 5.38. The molecule has 2 rings (SSSR count). The first-order valence-corrected chi connectivity index (χ1v) is 9.22. The Balaban J connectivity index is 1.84. The monoisotopic (exact) mass is 392 g/mol. The molecule has 0 radical (unpaired) electrons. The Kier molecular flexibility index (Phi) is 7.88. The van der Waals surface area contributed by atoms with E-state index in [4.69, 9.17) is 20.8 Å². The number of methoxy groups -OCH3 is 1. The van der Waals surface area contributed by atoms with Crippen LogP contribution in [0, 0.1) is 5.92 Å². The predicted molar refractivity (Wildman–Crippen MR) is 104 cm³/mol. The first-order chi connectivity index (χ1) is 12.9. The van der Waals surface area contributed by atoms with Crippen molar-refractivity contribution in [3.8, 4) is 11.3 Å². The van der Waals surface area contributed by atoms with Crippen LogP contribution < -0.4 is 5.32 Å². The number of nitrogens with one attached hydrogen (secondary N) is 1. The average Bonchev–Trinajstić information content (AvgIpc) is 3.14. The van der Waals surface area contributed by atoms with E-state index in [0.717, 1.165) is 11.3 Å². The standard InChI is InChI=1S/C20H25ClN2O4/c1-4-23(12-14(2)20(25)26-3)13-19(24)22-11-17-9-10-18(27-17)15-5-7-16(21)8-6-15/h5-10,14H,4,11-13H2,1-3H3,(H,22,24). The molecule has 6 nitrogen and oxygen atoms in total. The van der Waals surface area contributed by atoms with Crippen molar-refractivity contribution in [3.63, 3.8) is 0 Å². The lowest BCUT2D eigenvalue weighted by Crippen LogP contribution is -2.40. The van der Waals surface area contributed by atoms with Gasteiger partial charge in [-0.3, -0.25) is 14.5 Å². The quantitative estimate of drug-likeness (QED) is 0.662. The van der Waals surface area contributed by atoms with Crippen molar-refractivity contribution >= 4 is 23.5 Å². The van der Waals surface area contributed by atoms with Gasteiger partial charge in [0.1, 0.15) is 11.5 Å². The second-order valence-corrected chi connectivity index (χ2v) is 6.74. The predicted octanol–water partition coefficient (Wildman–Crippen LogP) is 3.35. The zero-order valence-corrected chi connectivity index (χ0v) is 16.6. The second kappa shape index (κ2) is 10.1. The Morgan fingerprint density at radius 1 is 1.22 bits per heavy atom. The van der Waals surface area contributed by atoms with Gasteiger partial charge >= 0.3 is 5.97 Å². The first-order valence-electron chi connectivity index (χ1n) is 8.84. The van der Waals surface area contributed by atoms with E-state index in [1.54, 1.807) is 19.1 Å². The molecule has 0 spiro atoms. The molecule has 0 fully saturated rings. The van der Waals surface area contributed by atoms with E-state index in [2.05, 4.69) is 5.32 Å². The van der Waals surface area contributed by atoms with Crippen LogP contribution in [0.2, 0.25) is 5.02 Å². The number of carbonyl (C=O) groups is 2. The third kappa shape index (κ3) is 6.41. The van der Waals surface area contributed by atoms with Gasteiger partial charge in [-0.05, 0) is 42.9 Å². The van der Waals surface area contributed by atoms with E-state index < -0.39 is 0 Å². The average molecular weight is 393 g/mol. The van der Waals surface area contributed by atoms with E-state index in [1.165, 1.54) is 7.11 Å². The van der Waals surface area contributed by atoms with Gasteiger partial charge in [0.05, 0.1) is 26.1 Å². The van der Waals surface area contributed by atoms with E-state index in [0.29, 0.717) is 30.4 Å². The van der Waals surface area contributed by atoms with Crippen LogP contribution >= 0.6 is 11.6 Å². The van der Waals surface area contributed by atoms with Crippen LogP contribution in [0.15, 0.2) is 40.8 Å². The number of hydrogen-bond acceptors (Lipinski definition) is 5. The van der Waals surface area contributed by atoms with Crippen molar-refractivity contribution in [2.24, 2.45) is 5.92 Å². The number of hydrogen-bond donors (Lipinski definition) is 1. The lowest BCUT2D eigenvalue weighted by Gasteiger charge is -2.22. The molecule has 0 bridgehead atoms. The van der Waals surface area contributed by atoms with Crippen molar-refractivity contribution in [1.29, 1.82) is 0 Å². The normalized spacial score (nSPS) is 12.0. The molecule has 1 N–H and O–H groups in total. The minimum atomic E-state index is -0.283. The second-order valence-electron chi connectivity index (χ2n) is 6.30. The van der Waals surface area contributed by atoms with Crippen LogP contribution in [0.25, 0.3) is 11.3 Å². The van der Waals surface area contributed by atoms with E-state index in [-0.39, 0.29) is 24.3 Å². The SMILES string of the molecule is CCN(CC(=O)NCc1ccc(-c2ccc(Cl)cc2)o1)CC(C)C(=O)OC. The summed E-state index contributed by atoms with van der Waals surface area (Å²) in [7, 11) is 1.36. The van der Waals surface area contributed by atoms with Gasteiger partial charge in [0, 0.05) is 17.1 Å². The number of benzene rings is 1. The summed E-state index contributed by atoms with van der Waals surface area (Å²) in [6, 6.07) is 11.1. The minimum Gasteiger partial charge on any atom is -0.469 e. The van der Waals surface area contributed by atoms with Crippen molar-refractivity contribution in [2.75, 3.05) is 26.7 Å². The summed E-state index contributed by atoms with van der Waals surface area (Å²) in [5.41, 5.74) is 0.922. The molecule has 0 aliphatic rings. The molecular weight excluding hydrogens is 368 g/mol. The van der Waals surface area contributed by atoms with Crippen LogP contribution in [-0.4, -0.2) is 43.5 Å². The third-order valence-electron chi connectivity index (χ3n) is 4.20. The lowest BCUT2D eigenvalue weighted by molar-refractivity contribution is -0.145. The molecule has 1 heterocycles. The number of rotatable bonds is 9. The number of carbonyl (C=O) groups excluding carboxylic acids is 2. The molecule has 0 aliphatic heterocycles. The molecular formula is C20H25ClN2O4. The molecule has 146 valence electrons. The molecule has 1 unspecified atom stereocenters. The molecule has 0 saturated heterocycles. The fraction of sp³-hybridized carbons (Fsp3) is 0.400. The lowest BCUT2D eigenvalue weighted by atomic mass is 10.1. The molecule has 27 heavy (non-hydrogen) atoms. The molecule has 0 saturated carbocycles. The molecule has 1 aromatic heterocycles. The summed E-state index contributed by atoms with van der Waals surface area (Å²) in [4.78, 5) is 25.6. The Labute approximate surface area is 164 Å². The van der Waals surface area contributed by atoms with Crippen LogP contribution in [0.3, 0.4) is 0 Å². The van der Waals surface area contributed by atoms with Gasteiger partial charge in [-0.1, -0.05) is 25.4 Å². The van der Waals surface area contributed by atoms with Crippen molar-refractivity contribution in [1.82, 2.24) is 10.2 Å². The smallest absolute Gasteiger partial charge is 0.309 e. The molecule has 0 aliphatic carbocycles. The van der Waals surface area contributed by atoms with Gasteiger partial charge in [-0.25, -0.2) is 0 Å². The van der Waals surface area contributed by atoms with Gasteiger partial charge < -0.3 is 14.5 Å². The van der Waals surface area contributed by atoms with Gasteiger partial charge in [0.25, 0.3) is 0 Å². The van der Waals surface area contributed by atoms with Crippen LogP contribution in [-0.2, 0) is 20.9 Å². The van der Waals surface area contributed by atoms with Crippen molar-refractivity contribution < 1.29 is 18.7 Å². The van der Waals surface area contributed by atoms with Gasteiger partial charge in [0.2, 0.25) is 5.91 Å². The Morgan fingerprint density at radius 2 is 1.93 bits per heavy atom. The highest BCUT2D eigenvalue weighted by Crippen LogP contribution is 2.23. The Hall–Kier alpha value is -2.31. The number of esters is 1. The summed E-state index contributed by atoms with van der Waals surface area (Å²) >= 11 is 5.89. The van der Waals surface area contributed by atoms with Gasteiger partial charge in [-0.2, -0.15) is 0 Å².